The van der Waals surface area contributed by atoms with Crippen LogP contribution in [0.25, 0.3) is 10.9 Å². The van der Waals surface area contributed by atoms with Crippen molar-refractivity contribution in [1.82, 2.24) is 4.98 Å². The Labute approximate surface area is 121 Å². The topological polar surface area (TPSA) is 60.2 Å². The van der Waals surface area contributed by atoms with Gasteiger partial charge in [0.1, 0.15) is 0 Å². The lowest BCUT2D eigenvalue weighted by Crippen LogP contribution is -2.00. The molecule has 0 aliphatic carbocycles. The van der Waals surface area contributed by atoms with E-state index in [0.29, 0.717) is 11.4 Å². The van der Waals surface area contributed by atoms with Crippen LogP contribution in [-0.2, 0) is 0 Å². The third-order valence-electron chi connectivity index (χ3n) is 3.24. The van der Waals surface area contributed by atoms with E-state index < -0.39 is 5.82 Å². The monoisotopic (exact) mass is 283 g/mol. The Bertz CT molecular complexity index is 799. The number of rotatable bonds is 3. The maximum atomic E-state index is 13.6. The molecule has 0 spiro atoms. The molecule has 0 amide bonds. The maximum Gasteiger partial charge on any atom is 0.167 e. The Balaban J connectivity index is 2.07. The summed E-state index contributed by atoms with van der Waals surface area (Å²) >= 11 is 0. The summed E-state index contributed by atoms with van der Waals surface area (Å²) in [4.78, 5) is 4.30. The SMILES string of the molecule is COc1cc(Nc2cccc3ncccc23)c(N)cc1F. The van der Waals surface area contributed by atoms with E-state index in [-0.39, 0.29) is 5.75 Å². The lowest BCUT2D eigenvalue weighted by Gasteiger charge is -2.13. The van der Waals surface area contributed by atoms with Crippen molar-refractivity contribution in [1.29, 1.82) is 0 Å². The first-order valence-corrected chi connectivity index (χ1v) is 6.43. The van der Waals surface area contributed by atoms with Crippen LogP contribution >= 0.6 is 0 Å². The molecule has 5 heteroatoms. The molecule has 0 saturated carbocycles. The summed E-state index contributed by atoms with van der Waals surface area (Å²) in [6.07, 6.45) is 1.74. The minimum atomic E-state index is -0.486. The molecule has 0 radical (unpaired) electrons. The number of fused-ring (bicyclic) bond motifs is 1. The molecule has 3 rings (SSSR count). The molecule has 0 fully saturated rings. The van der Waals surface area contributed by atoms with Crippen molar-refractivity contribution < 1.29 is 9.13 Å². The van der Waals surface area contributed by atoms with Gasteiger partial charge in [-0.1, -0.05) is 6.07 Å². The number of aromatic nitrogens is 1. The van der Waals surface area contributed by atoms with Crippen LogP contribution < -0.4 is 15.8 Å². The van der Waals surface area contributed by atoms with Gasteiger partial charge >= 0.3 is 0 Å². The van der Waals surface area contributed by atoms with Crippen LogP contribution in [0.4, 0.5) is 21.5 Å². The second-order valence-corrected chi connectivity index (χ2v) is 4.57. The summed E-state index contributed by atoms with van der Waals surface area (Å²) in [5, 5.41) is 4.17. The highest BCUT2D eigenvalue weighted by atomic mass is 19.1. The van der Waals surface area contributed by atoms with E-state index in [2.05, 4.69) is 10.3 Å². The van der Waals surface area contributed by atoms with Crippen molar-refractivity contribution in [3.05, 3.63) is 54.5 Å². The predicted molar refractivity (Wildman–Crippen MR) is 82.4 cm³/mol. The van der Waals surface area contributed by atoms with Crippen LogP contribution in [0.15, 0.2) is 48.7 Å². The molecule has 3 aromatic rings. The highest BCUT2D eigenvalue weighted by Gasteiger charge is 2.10. The number of halogens is 1. The lowest BCUT2D eigenvalue weighted by molar-refractivity contribution is 0.387. The average Bonchev–Trinajstić information content (AvgIpc) is 2.50. The van der Waals surface area contributed by atoms with Crippen molar-refractivity contribution in [2.75, 3.05) is 18.2 Å². The van der Waals surface area contributed by atoms with Gasteiger partial charge in [0.25, 0.3) is 0 Å². The molecule has 0 atom stereocenters. The van der Waals surface area contributed by atoms with E-state index in [1.807, 2.05) is 30.3 Å². The van der Waals surface area contributed by atoms with Crippen molar-refractivity contribution in [3.63, 3.8) is 0 Å². The Morgan fingerprint density at radius 2 is 2.00 bits per heavy atom. The van der Waals surface area contributed by atoms with Crippen molar-refractivity contribution in [3.8, 4) is 5.75 Å². The van der Waals surface area contributed by atoms with E-state index in [1.165, 1.54) is 13.2 Å². The van der Waals surface area contributed by atoms with Crippen LogP contribution in [0.3, 0.4) is 0 Å². The summed E-state index contributed by atoms with van der Waals surface area (Å²) in [7, 11) is 1.42. The van der Waals surface area contributed by atoms with Crippen LogP contribution in [0.2, 0.25) is 0 Å². The normalized spacial score (nSPS) is 10.6. The number of hydrogen-bond donors (Lipinski definition) is 2. The number of nitrogens with two attached hydrogens (primary N) is 1. The molecule has 0 unspecified atom stereocenters. The lowest BCUT2D eigenvalue weighted by atomic mass is 10.1. The van der Waals surface area contributed by atoms with Crippen LogP contribution in [-0.4, -0.2) is 12.1 Å². The second-order valence-electron chi connectivity index (χ2n) is 4.57. The van der Waals surface area contributed by atoms with Crippen LogP contribution in [0.1, 0.15) is 0 Å². The third-order valence-corrected chi connectivity index (χ3v) is 3.24. The average molecular weight is 283 g/mol. The van der Waals surface area contributed by atoms with E-state index in [0.717, 1.165) is 16.6 Å². The number of nitrogen functional groups attached to an aromatic ring is 1. The Hall–Kier alpha value is -2.82. The highest BCUT2D eigenvalue weighted by molar-refractivity contribution is 5.94. The van der Waals surface area contributed by atoms with Crippen LogP contribution in [0, 0.1) is 5.82 Å². The summed E-state index contributed by atoms with van der Waals surface area (Å²) < 4.78 is 18.6. The minimum absolute atomic E-state index is 0.144. The van der Waals surface area contributed by atoms with Gasteiger partial charge < -0.3 is 15.8 Å². The third kappa shape index (κ3) is 2.45. The Morgan fingerprint density at radius 3 is 2.81 bits per heavy atom. The fourth-order valence-corrected chi connectivity index (χ4v) is 2.19. The van der Waals surface area contributed by atoms with Crippen molar-refractivity contribution >= 4 is 28.0 Å². The minimum Gasteiger partial charge on any atom is -0.494 e. The fraction of sp³-hybridized carbons (Fsp3) is 0.0625. The Morgan fingerprint density at radius 1 is 1.14 bits per heavy atom. The van der Waals surface area contributed by atoms with E-state index >= 15 is 0 Å². The molecule has 106 valence electrons. The summed E-state index contributed by atoms with van der Waals surface area (Å²) in [5.74, 6) is -0.342. The smallest absolute Gasteiger partial charge is 0.167 e. The van der Waals surface area contributed by atoms with E-state index in [9.17, 15) is 4.39 Å². The van der Waals surface area contributed by atoms with Crippen molar-refractivity contribution in [2.45, 2.75) is 0 Å². The molecule has 2 aromatic carbocycles. The zero-order valence-corrected chi connectivity index (χ0v) is 11.4. The number of hydrogen-bond acceptors (Lipinski definition) is 4. The molecule has 0 aliphatic rings. The second kappa shape index (κ2) is 5.28. The van der Waals surface area contributed by atoms with Gasteiger partial charge in [-0.2, -0.15) is 0 Å². The molecule has 0 saturated heterocycles. The summed E-state index contributed by atoms with van der Waals surface area (Å²) in [5.41, 5.74) is 8.48. The number of nitrogens with one attached hydrogen (secondary N) is 1. The van der Waals surface area contributed by atoms with Gasteiger partial charge in [-0.15, -0.1) is 0 Å². The molecular weight excluding hydrogens is 269 g/mol. The van der Waals surface area contributed by atoms with Gasteiger partial charge in [0.15, 0.2) is 11.6 Å². The summed E-state index contributed by atoms with van der Waals surface area (Å²) in [6.45, 7) is 0. The molecule has 4 nitrogen and oxygen atoms in total. The first-order chi connectivity index (χ1) is 10.2. The summed E-state index contributed by atoms with van der Waals surface area (Å²) in [6, 6.07) is 12.3. The van der Waals surface area contributed by atoms with Gasteiger partial charge in [-0.05, 0) is 24.3 Å². The molecule has 0 aliphatic heterocycles. The quantitative estimate of drug-likeness (QED) is 0.719. The molecular formula is C16H14FN3O. The number of methoxy groups -OCH3 is 1. The first-order valence-electron chi connectivity index (χ1n) is 6.43. The highest BCUT2D eigenvalue weighted by Crippen LogP contribution is 2.32. The van der Waals surface area contributed by atoms with Gasteiger partial charge in [0.2, 0.25) is 0 Å². The molecule has 1 aromatic heterocycles. The van der Waals surface area contributed by atoms with Gasteiger partial charge in [-0.3, -0.25) is 4.98 Å². The number of ether oxygens (including phenoxy) is 1. The Kier molecular flexibility index (Phi) is 3.31. The predicted octanol–water partition coefficient (Wildman–Crippen LogP) is 3.71. The van der Waals surface area contributed by atoms with Gasteiger partial charge in [0.05, 0.1) is 24.0 Å². The number of nitrogens with zero attached hydrogens (tertiary/aromatic N) is 1. The van der Waals surface area contributed by atoms with E-state index in [1.54, 1.807) is 12.3 Å². The zero-order chi connectivity index (χ0) is 14.8. The van der Waals surface area contributed by atoms with Gasteiger partial charge in [-0.25, -0.2) is 4.39 Å². The van der Waals surface area contributed by atoms with Gasteiger partial charge in [0, 0.05) is 29.4 Å². The number of benzene rings is 2. The molecule has 0 bridgehead atoms. The van der Waals surface area contributed by atoms with Crippen LogP contribution in [0.5, 0.6) is 5.75 Å². The molecule has 3 N–H and O–H groups in total. The van der Waals surface area contributed by atoms with Crippen molar-refractivity contribution in [2.24, 2.45) is 0 Å². The number of pyridine rings is 1. The molecule has 1 heterocycles. The van der Waals surface area contributed by atoms with E-state index in [4.69, 9.17) is 10.5 Å². The zero-order valence-electron chi connectivity index (χ0n) is 11.4. The maximum absolute atomic E-state index is 13.6. The molecule has 21 heavy (non-hydrogen) atoms. The first kappa shape index (κ1) is 13.2. The largest absolute Gasteiger partial charge is 0.494 e. The number of anilines is 3. The fourth-order valence-electron chi connectivity index (χ4n) is 2.19. The standard InChI is InChI=1S/C16H14FN3O/c1-21-16-9-15(12(18)8-11(16)17)20-14-6-2-5-13-10(14)4-3-7-19-13/h2-9,20H,18H2,1H3.